The van der Waals surface area contributed by atoms with E-state index in [-0.39, 0.29) is 11.2 Å². The van der Waals surface area contributed by atoms with E-state index in [1.165, 1.54) is 4.57 Å². The van der Waals surface area contributed by atoms with E-state index in [4.69, 9.17) is 5.73 Å². The fourth-order valence-electron chi connectivity index (χ4n) is 1.35. The highest BCUT2D eigenvalue weighted by Gasteiger charge is 2.06. The van der Waals surface area contributed by atoms with E-state index in [1.54, 1.807) is 23.0 Å². The highest BCUT2D eigenvalue weighted by Crippen LogP contribution is 2.05. The first-order valence-electron chi connectivity index (χ1n) is 4.58. The number of hydrogen-bond acceptors (Lipinski definition) is 3. The summed E-state index contributed by atoms with van der Waals surface area (Å²) in [5.74, 6) is 0.590. The third-order valence-electron chi connectivity index (χ3n) is 2.32. The molecule has 0 atom stereocenters. The van der Waals surface area contributed by atoms with Gasteiger partial charge in [-0.15, -0.1) is 0 Å². The summed E-state index contributed by atoms with van der Waals surface area (Å²) >= 11 is 0. The van der Waals surface area contributed by atoms with Crippen molar-refractivity contribution in [2.75, 3.05) is 5.73 Å². The maximum Gasteiger partial charge on any atom is 0.279 e. The number of rotatable bonds is 1. The van der Waals surface area contributed by atoms with Crippen LogP contribution in [0.3, 0.4) is 0 Å². The van der Waals surface area contributed by atoms with Crippen molar-refractivity contribution >= 4 is 5.69 Å². The molecular formula is C10H12N4O. The number of anilines is 1. The molecule has 5 heteroatoms. The molecular weight excluding hydrogens is 192 g/mol. The van der Waals surface area contributed by atoms with E-state index in [1.807, 2.05) is 20.0 Å². The maximum absolute atomic E-state index is 11.7. The summed E-state index contributed by atoms with van der Waals surface area (Å²) in [6.45, 7) is 1.92. The van der Waals surface area contributed by atoms with Crippen LogP contribution in [-0.2, 0) is 7.05 Å². The molecule has 0 saturated carbocycles. The lowest BCUT2D eigenvalue weighted by Gasteiger charge is -2.01. The number of aryl methyl sites for hydroxylation is 2. The number of aromatic nitrogens is 3. The zero-order valence-electron chi connectivity index (χ0n) is 8.64. The van der Waals surface area contributed by atoms with Crippen LogP contribution in [0.25, 0.3) is 5.82 Å². The van der Waals surface area contributed by atoms with Gasteiger partial charge in [-0.1, -0.05) is 0 Å². The Balaban J connectivity index is 2.64. The molecule has 0 bridgehead atoms. The van der Waals surface area contributed by atoms with Gasteiger partial charge in [-0.05, 0) is 19.1 Å². The second-order valence-corrected chi connectivity index (χ2v) is 3.41. The van der Waals surface area contributed by atoms with Crippen LogP contribution in [0.15, 0.2) is 29.2 Å². The summed E-state index contributed by atoms with van der Waals surface area (Å²) < 4.78 is 3.15. The molecule has 2 heterocycles. The lowest BCUT2D eigenvalue weighted by molar-refractivity contribution is 0.724. The molecule has 2 aromatic rings. The van der Waals surface area contributed by atoms with Crippen LogP contribution in [0, 0.1) is 6.92 Å². The monoisotopic (exact) mass is 204 g/mol. The van der Waals surface area contributed by atoms with Crippen molar-refractivity contribution in [2.45, 2.75) is 6.92 Å². The average molecular weight is 204 g/mol. The fraction of sp³-hybridized carbons (Fsp3) is 0.200. The lowest BCUT2D eigenvalue weighted by atomic mass is 10.4. The second kappa shape index (κ2) is 3.27. The zero-order valence-corrected chi connectivity index (χ0v) is 8.64. The first-order valence-corrected chi connectivity index (χ1v) is 4.58. The number of pyridine rings is 1. The molecule has 0 radical (unpaired) electrons. The van der Waals surface area contributed by atoms with Gasteiger partial charge in [0.05, 0.1) is 5.69 Å². The molecule has 78 valence electrons. The molecule has 0 fully saturated rings. The standard InChI is InChI=1S/C10H12N4O/c1-7-6-9(12-13(7)2)14-5-3-4-8(11)10(14)15/h3-6H,11H2,1-2H3. The molecule has 2 aromatic heterocycles. The molecule has 0 amide bonds. The Kier molecular flexibility index (Phi) is 2.07. The summed E-state index contributed by atoms with van der Waals surface area (Å²) in [5.41, 5.74) is 6.50. The minimum absolute atomic E-state index is 0.223. The van der Waals surface area contributed by atoms with Crippen LogP contribution < -0.4 is 11.3 Å². The van der Waals surface area contributed by atoms with Gasteiger partial charge in [-0.2, -0.15) is 5.10 Å². The molecule has 2 rings (SSSR count). The van der Waals surface area contributed by atoms with E-state index < -0.39 is 0 Å². The van der Waals surface area contributed by atoms with Gasteiger partial charge in [0.15, 0.2) is 5.82 Å². The van der Waals surface area contributed by atoms with Crippen molar-refractivity contribution in [3.05, 3.63) is 40.4 Å². The second-order valence-electron chi connectivity index (χ2n) is 3.41. The molecule has 0 aliphatic rings. The molecule has 0 aromatic carbocycles. The number of hydrogen-bond donors (Lipinski definition) is 1. The van der Waals surface area contributed by atoms with Gasteiger partial charge in [-0.3, -0.25) is 14.0 Å². The summed E-state index contributed by atoms with van der Waals surface area (Å²) in [7, 11) is 1.83. The van der Waals surface area contributed by atoms with Crippen LogP contribution in [0.2, 0.25) is 0 Å². The predicted molar refractivity (Wildman–Crippen MR) is 58.0 cm³/mol. The normalized spacial score (nSPS) is 10.5. The van der Waals surface area contributed by atoms with Gasteiger partial charge in [0.25, 0.3) is 5.56 Å². The Bertz CT molecular complexity index is 533. The Hall–Kier alpha value is -2.04. The molecule has 0 aliphatic heterocycles. The van der Waals surface area contributed by atoms with Crippen LogP contribution in [0.5, 0.6) is 0 Å². The van der Waals surface area contributed by atoms with E-state index >= 15 is 0 Å². The molecule has 2 N–H and O–H groups in total. The summed E-state index contributed by atoms with van der Waals surface area (Å²) in [6, 6.07) is 5.14. The molecule has 0 aliphatic carbocycles. The third kappa shape index (κ3) is 1.52. The van der Waals surface area contributed by atoms with Gasteiger partial charge >= 0.3 is 0 Å². The Morgan fingerprint density at radius 1 is 1.47 bits per heavy atom. The van der Waals surface area contributed by atoms with Gasteiger partial charge in [0.1, 0.15) is 0 Å². The highest BCUT2D eigenvalue weighted by atomic mass is 16.1. The Labute approximate surface area is 86.8 Å². The van der Waals surface area contributed by atoms with Crippen LogP contribution in [0.1, 0.15) is 5.69 Å². The largest absolute Gasteiger partial charge is 0.394 e. The molecule has 15 heavy (non-hydrogen) atoms. The Morgan fingerprint density at radius 2 is 2.20 bits per heavy atom. The summed E-state index contributed by atoms with van der Waals surface area (Å²) in [5, 5.41) is 4.21. The van der Waals surface area contributed by atoms with E-state index in [0.29, 0.717) is 5.82 Å². The summed E-state index contributed by atoms with van der Waals surface area (Å²) in [6.07, 6.45) is 1.65. The maximum atomic E-state index is 11.7. The first-order chi connectivity index (χ1) is 7.09. The third-order valence-corrected chi connectivity index (χ3v) is 2.32. The van der Waals surface area contributed by atoms with Gasteiger partial charge in [0, 0.05) is 25.0 Å². The number of nitrogens with two attached hydrogens (primary N) is 1. The Morgan fingerprint density at radius 3 is 2.80 bits per heavy atom. The molecule has 0 spiro atoms. The quantitative estimate of drug-likeness (QED) is 0.734. The van der Waals surface area contributed by atoms with E-state index in [2.05, 4.69) is 5.10 Å². The van der Waals surface area contributed by atoms with Crippen molar-refractivity contribution in [3.8, 4) is 5.82 Å². The average Bonchev–Trinajstić information content (AvgIpc) is 2.51. The van der Waals surface area contributed by atoms with Gasteiger partial charge < -0.3 is 5.73 Å². The summed E-state index contributed by atoms with van der Waals surface area (Å²) in [4.78, 5) is 11.7. The van der Waals surface area contributed by atoms with E-state index in [9.17, 15) is 4.79 Å². The number of nitrogens with zero attached hydrogens (tertiary/aromatic N) is 3. The number of nitrogen functional groups attached to an aromatic ring is 1. The minimum atomic E-state index is -0.240. The van der Waals surface area contributed by atoms with Crippen molar-refractivity contribution in [1.82, 2.24) is 14.3 Å². The zero-order chi connectivity index (χ0) is 11.0. The van der Waals surface area contributed by atoms with Crippen LogP contribution in [-0.4, -0.2) is 14.3 Å². The topological polar surface area (TPSA) is 65.8 Å². The van der Waals surface area contributed by atoms with Crippen LogP contribution >= 0.6 is 0 Å². The minimum Gasteiger partial charge on any atom is -0.394 e. The van der Waals surface area contributed by atoms with Crippen LogP contribution in [0.4, 0.5) is 5.69 Å². The highest BCUT2D eigenvalue weighted by molar-refractivity contribution is 5.37. The van der Waals surface area contributed by atoms with Gasteiger partial charge in [0.2, 0.25) is 0 Å². The molecule has 0 saturated heterocycles. The van der Waals surface area contributed by atoms with Crippen molar-refractivity contribution in [3.63, 3.8) is 0 Å². The first kappa shape index (κ1) is 9.51. The van der Waals surface area contributed by atoms with Gasteiger partial charge in [-0.25, -0.2) is 0 Å². The molecule has 5 nitrogen and oxygen atoms in total. The van der Waals surface area contributed by atoms with E-state index in [0.717, 1.165) is 5.69 Å². The van der Waals surface area contributed by atoms with Crippen molar-refractivity contribution in [2.24, 2.45) is 7.05 Å². The van der Waals surface area contributed by atoms with Crippen molar-refractivity contribution in [1.29, 1.82) is 0 Å². The predicted octanol–water partition coefficient (Wildman–Crippen LogP) is 0.462. The smallest absolute Gasteiger partial charge is 0.279 e. The fourth-order valence-corrected chi connectivity index (χ4v) is 1.35. The molecule has 0 unspecified atom stereocenters. The lowest BCUT2D eigenvalue weighted by Crippen LogP contribution is -2.20. The van der Waals surface area contributed by atoms with Crippen molar-refractivity contribution < 1.29 is 0 Å². The SMILES string of the molecule is Cc1cc(-n2cccc(N)c2=O)nn1C.